The van der Waals surface area contributed by atoms with Gasteiger partial charge >= 0.3 is 6.03 Å². The Kier molecular flexibility index (Phi) is 5.95. The van der Waals surface area contributed by atoms with Gasteiger partial charge in [0.15, 0.2) is 0 Å². The van der Waals surface area contributed by atoms with E-state index < -0.39 is 0 Å². The summed E-state index contributed by atoms with van der Waals surface area (Å²) in [5, 5.41) is 3.89. The lowest BCUT2D eigenvalue weighted by Gasteiger charge is -2.35. The highest BCUT2D eigenvalue weighted by atomic mass is 35.5. The Morgan fingerprint density at radius 3 is 2.36 bits per heavy atom. The van der Waals surface area contributed by atoms with Crippen LogP contribution in [0.2, 0.25) is 5.02 Å². The predicted octanol–water partition coefficient (Wildman–Crippen LogP) is 3.93. The number of nitrogens with zero attached hydrogens (tertiary/aromatic N) is 2. The molecule has 1 N–H and O–H groups in total. The molecule has 132 valence electrons. The maximum atomic E-state index is 12.5. The van der Waals surface area contributed by atoms with E-state index in [1.54, 1.807) is 0 Å². The molecule has 0 aliphatic carbocycles. The fraction of sp³-hybridized carbons (Fsp3) is 0.350. The van der Waals surface area contributed by atoms with E-state index in [-0.39, 0.29) is 12.1 Å². The molecule has 0 saturated carbocycles. The summed E-state index contributed by atoms with van der Waals surface area (Å²) in [5.41, 5.74) is 2.26. The Labute approximate surface area is 154 Å². The lowest BCUT2D eigenvalue weighted by atomic mass is 10.1. The van der Waals surface area contributed by atoms with Gasteiger partial charge in [0.05, 0.1) is 6.04 Å². The molecule has 0 aromatic heterocycles. The molecule has 0 bridgehead atoms. The Morgan fingerprint density at radius 1 is 1.04 bits per heavy atom. The average molecular weight is 358 g/mol. The van der Waals surface area contributed by atoms with Crippen molar-refractivity contribution in [1.82, 2.24) is 15.1 Å². The summed E-state index contributed by atoms with van der Waals surface area (Å²) in [6, 6.07) is 18.0. The number of benzene rings is 2. The van der Waals surface area contributed by atoms with Crippen molar-refractivity contribution in [3.05, 3.63) is 70.7 Å². The van der Waals surface area contributed by atoms with Gasteiger partial charge in [-0.15, -0.1) is 0 Å². The summed E-state index contributed by atoms with van der Waals surface area (Å²) >= 11 is 6.24. The Hall–Kier alpha value is -2.04. The molecule has 1 unspecified atom stereocenters. The number of hydrogen-bond donors (Lipinski definition) is 1. The van der Waals surface area contributed by atoms with Crippen molar-refractivity contribution in [3.8, 4) is 0 Å². The molecular formula is C20H24ClN3O. The highest BCUT2D eigenvalue weighted by Crippen LogP contribution is 2.18. The van der Waals surface area contributed by atoms with Crippen molar-refractivity contribution in [2.75, 3.05) is 26.2 Å². The van der Waals surface area contributed by atoms with Gasteiger partial charge in [0.1, 0.15) is 0 Å². The van der Waals surface area contributed by atoms with Crippen molar-refractivity contribution in [3.63, 3.8) is 0 Å². The molecule has 1 heterocycles. The zero-order valence-electron chi connectivity index (χ0n) is 14.5. The molecule has 25 heavy (non-hydrogen) atoms. The first kappa shape index (κ1) is 17.8. The zero-order chi connectivity index (χ0) is 17.6. The number of nitrogens with one attached hydrogen (secondary N) is 1. The third-order valence-corrected chi connectivity index (χ3v) is 5.02. The van der Waals surface area contributed by atoms with E-state index in [9.17, 15) is 4.79 Å². The van der Waals surface area contributed by atoms with Crippen LogP contribution in [0.15, 0.2) is 54.6 Å². The van der Waals surface area contributed by atoms with Gasteiger partial charge in [-0.3, -0.25) is 4.90 Å². The second-order valence-electron chi connectivity index (χ2n) is 6.44. The third kappa shape index (κ3) is 4.74. The van der Waals surface area contributed by atoms with Crippen molar-refractivity contribution < 1.29 is 4.79 Å². The minimum Gasteiger partial charge on any atom is -0.331 e. The molecule has 5 heteroatoms. The van der Waals surface area contributed by atoms with Gasteiger partial charge < -0.3 is 10.2 Å². The van der Waals surface area contributed by atoms with Gasteiger partial charge in [-0.25, -0.2) is 4.79 Å². The van der Waals surface area contributed by atoms with E-state index >= 15 is 0 Å². The fourth-order valence-corrected chi connectivity index (χ4v) is 3.27. The van der Waals surface area contributed by atoms with E-state index in [0.29, 0.717) is 0 Å². The normalized spacial score (nSPS) is 16.5. The molecule has 2 aromatic rings. The summed E-state index contributed by atoms with van der Waals surface area (Å²) in [6.07, 6.45) is 0. The number of amides is 2. The highest BCUT2D eigenvalue weighted by molar-refractivity contribution is 6.31. The lowest BCUT2D eigenvalue weighted by Crippen LogP contribution is -2.51. The topological polar surface area (TPSA) is 35.6 Å². The SMILES string of the molecule is CC(NC(=O)N1CCN(Cc2ccccc2Cl)CC1)c1ccccc1. The second kappa shape index (κ2) is 8.37. The van der Waals surface area contributed by atoms with Gasteiger partial charge in [-0.05, 0) is 24.1 Å². The average Bonchev–Trinajstić information content (AvgIpc) is 2.65. The molecule has 2 amide bonds. The molecule has 1 atom stereocenters. The van der Waals surface area contributed by atoms with Crippen molar-refractivity contribution >= 4 is 17.6 Å². The van der Waals surface area contributed by atoms with Gasteiger partial charge in [-0.2, -0.15) is 0 Å². The Bertz CT molecular complexity index is 699. The molecule has 1 aliphatic rings. The zero-order valence-corrected chi connectivity index (χ0v) is 15.2. The molecule has 0 spiro atoms. The van der Waals surface area contributed by atoms with Crippen molar-refractivity contribution in [1.29, 1.82) is 0 Å². The van der Waals surface area contributed by atoms with Crippen LogP contribution in [0, 0.1) is 0 Å². The highest BCUT2D eigenvalue weighted by Gasteiger charge is 2.22. The quantitative estimate of drug-likeness (QED) is 0.899. The fourth-order valence-electron chi connectivity index (χ4n) is 3.08. The molecule has 2 aromatic carbocycles. The maximum absolute atomic E-state index is 12.5. The van der Waals surface area contributed by atoms with Crippen LogP contribution in [0.25, 0.3) is 0 Å². The third-order valence-electron chi connectivity index (χ3n) is 4.65. The van der Waals surface area contributed by atoms with Gasteiger partial charge in [0.2, 0.25) is 0 Å². The number of hydrogen-bond acceptors (Lipinski definition) is 2. The van der Waals surface area contributed by atoms with Crippen molar-refractivity contribution in [2.45, 2.75) is 19.5 Å². The first-order valence-electron chi connectivity index (χ1n) is 8.69. The van der Waals surface area contributed by atoms with E-state index in [1.165, 1.54) is 0 Å². The van der Waals surface area contributed by atoms with Crippen LogP contribution in [-0.2, 0) is 6.54 Å². The van der Waals surface area contributed by atoms with Gasteiger partial charge in [0, 0.05) is 37.7 Å². The second-order valence-corrected chi connectivity index (χ2v) is 6.84. The molecule has 0 radical (unpaired) electrons. The standard InChI is InChI=1S/C20H24ClN3O/c1-16(17-7-3-2-4-8-17)22-20(25)24-13-11-23(12-14-24)15-18-9-5-6-10-19(18)21/h2-10,16H,11-15H2,1H3,(H,22,25). The molecular weight excluding hydrogens is 334 g/mol. The van der Waals surface area contributed by atoms with E-state index in [4.69, 9.17) is 11.6 Å². The summed E-state index contributed by atoms with van der Waals surface area (Å²) in [5.74, 6) is 0. The smallest absolute Gasteiger partial charge is 0.317 e. The van der Waals surface area contributed by atoms with Crippen LogP contribution in [0.1, 0.15) is 24.1 Å². The molecule has 4 nitrogen and oxygen atoms in total. The lowest BCUT2D eigenvalue weighted by molar-refractivity contribution is 0.133. The van der Waals surface area contributed by atoms with Crippen molar-refractivity contribution in [2.24, 2.45) is 0 Å². The Balaban J connectivity index is 1.48. The van der Waals surface area contributed by atoms with E-state index in [2.05, 4.69) is 16.3 Å². The van der Waals surface area contributed by atoms with Crippen LogP contribution < -0.4 is 5.32 Å². The molecule has 1 aliphatic heterocycles. The van der Waals surface area contributed by atoms with Crippen LogP contribution >= 0.6 is 11.6 Å². The summed E-state index contributed by atoms with van der Waals surface area (Å²) < 4.78 is 0. The molecule has 3 rings (SSSR count). The van der Waals surface area contributed by atoms with Crippen LogP contribution in [-0.4, -0.2) is 42.0 Å². The molecule has 1 saturated heterocycles. The monoisotopic (exact) mass is 357 g/mol. The first-order chi connectivity index (χ1) is 12.1. The summed E-state index contributed by atoms with van der Waals surface area (Å²) in [4.78, 5) is 16.7. The largest absolute Gasteiger partial charge is 0.331 e. The van der Waals surface area contributed by atoms with Gasteiger partial charge in [-0.1, -0.05) is 60.1 Å². The van der Waals surface area contributed by atoms with Gasteiger partial charge in [0.25, 0.3) is 0 Å². The summed E-state index contributed by atoms with van der Waals surface area (Å²) in [7, 11) is 0. The first-order valence-corrected chi connectivity index (χ1v) is 9.07. The predicted molar refractivity (Wildman–Crippen MR) is 102 cm³/mol. The van der Waals surface area contributed by atoms with Crippen LogP contribution in [0.3, 0.4) is 0 Å². The van der Waals surface area contributed by atoms with Crippen LogP contribution in [0.5, 0.6) is 0 Å². The number of urea groups is 1. The number of carbonyl (C=O) groups excluding carboxylic acids is 1. The summed E-state index contributed by atoms with van der Waals surface area (Å²) in [6.45, 7) is 6.03. The number of carbonyl (C=O) groups is 1. The number of halogens is 1. The van der Waals surface area contributed by atoms with E-state index in [0.717, 1.165) is 48.9 Å². The molecule has 1 fully saturated rings. The minimum atomic E-state index is 0.00810. The Morgan fingerprint density at radius 2 is 1.68 bits per heavy atom. The number of rotatable bonds is 4. The van der Waals surface area contributed by atoms with E-state index in [1.807, 2.05) is 60.4 Å². The maximum Gasteiger partial charge on any atom is 0.317 e. The minimum absolute atomic E-state index is 0.00810. The van der Waals surface area contributed by atoms with Crippen LogP contribution in [0.4, 0.5) is 4.79 Å². The number of piperazine rings is 1.